The van der Waals surface area contributed by atoms with E-state index >= 15 is 0 Å². The van der Waals surface area contributed by atoms with E-state index in [1.165, 1.54) is 0 Å². The van der Waals surface area contributed by atoms with Crippen molar-refractivity contribution in [3.05, 3.63) is 54.6 Å². The second-order valence-electron chi connectivity index (χ2n) is 3.37. The van der Waals surface area contributed by atoms with E-state index in [0.29, 0.717) is 16.3 Å². The zero-order valence-electron chi connectivity index (χ0n) is 10.0. The summed E-state index contributed by atoms with van der Waals surface area (Å²) in [6.45, 7) is 0. The molecule has 6 heteroatoms. The minimum atomic E-state index is -1.06. The molecule has 2 aromatic rings. The van der Waals surface area contributed by atoms with E-state index in [1.807, 2.05) is 30.3 Å². The number of hydrogen-bond donors (Lipinski definition) is 0. The van der Waals surface area contributed by atoms with Gasteiger partial charge in [-0.05, 0) is 17.8 Å². The number of hydrogen-bond acceptors (Lipinski definition) is 3. The molecule has 1 atom stereocenters. The van der Waals surface area contributed by atoms with Gasteiger partial charge in [-0.1, -0.05) is 12.1 Å². The van der Waals surface area contributed by atoms with Gasteiger partial charge >= 0.3 is 27.7 Å². The average molecular weight is 385 g/mol. The topological polar surface area (TPSA) is 41.8 Å². The molecule has 0 fully saturated rings. The maximum atomic E-state index is 11.5. The van der Waals surface area contributed by atoms with Crippen molar-refractivity contribution in [2.75, 3.05) is 6.26 Å². The van der Waals surface area contributed by atoms with E-state index in [2.05, 4.69) is 44.0 Å². The van der Waals surface area contributed by atoms with Crippen molar-refractivity contribution >= 4 is 31.7 Å². The zero-order valence-corrected chi connectivity index (χ0v) is 13.2. The van der Waals surface area contributed by atoms with Crippen LogP contribution in [-0.4, -0.2) is 10.5 Å². The number of nitrogens with zero attached hydrogens (tertiary/aromatic N) is 2. The summed E-state index contributed by atoms with van der Waals surface area (Å²) in [5, 5.41) is 8.15. The van der Waals surface area contributed by atoms with Crippen LogP contribution in [0.3, 0.4) is 0 Å². The van der Waals surface area contributed by atoms with E-state index < -0.39 is 10.8 Å². The van der Waals surface area contributed by atoms with Gasteiger partial charge in [-0.25, -0.2) is 0 Å². The van der Waals surface area contributed by atoms with Crippen molar-refractivity contribution in [2.24, 2.45) is 10.2 Å². The molecule has 2 aromatic carbocycles. The van der Waals surface area contributed by atoms with Crippen molar-refractivity contribution in [1.82, 2.24) is 0 Å². The van der Waals surface area contributed by atoms with Crippen molar-refractivity contribution in [3.8, 4) is 0 Å². The monoisotopic (exact) mass is 384 g/mol. The number of benzene rings is 2. The van der Waals surface area contributed by atoms with E-state index in [0.717, 1.165) is 0 Å². The SMILES string of the molecule is CS(=O)c1ccccc1N=Nc1[c-]cccc1.[Cl][Pd+]. The first-order valence-corrected chi connectivity index (χ1v) is 8.76. The molecule has 102 valence electrons. The molecule has 19 heavy (non-hydrogen) atoms. The molecule has 0 spiro atoms. The third kappa shape index (κ3) is 5.34. The molecule has 0 bridgehead atoms. The van der Waals surface area contributed by atoms with Crippen LogP contribution in [0.1, 0.15) is 0 Å². The molecule has 0 aliphatic carbocycles. The molecule has 1 unspecified atom stereocenters. The fourth-order valence-corrected chi connectivity index (χ4v) is 2.01. The van der Waals surface area contributed by atoms with Gasteiger partial charge in [0.2, 0.25) is 0 Å². The molecule has 0 heterocycles. The molecule has 0 aromatic heterocycles. The van der Waals surface area contributed by atoms with Gasteiger partial charge in [0.1, 0.15) is 5.69 Å². The van der Waals surface area contributed by atoms with E-state index in [1.54, 1.807) is 24.5 Å². The van der Waals surface area contributed by atoms with Crippen molar-refractivity contribution in [2.45, 2.75) is 4.90 Å². The number of azo groups is 1. The summed E-state index contributed by atoms with van der Waals surface area (Å²) in [5.41, 5.74) is 1.29. The average Bonchev–Trinajstić information content (AvgIpc) is 2.48. The second-order valence-corrected chi connectivity index (χ2v) is 4.72. The third-order valence-corrected chi connectivity index (χ3v) is 3.10. The van der Waals surface area contributed by atoms with Crippen LogP contribution < -0.4 is 0 Å². The molecule has 0 saturated heterocycles. The van der Waals surface area contributed by atoms with E-state index in [-0.39, 0.29) is 0 Å². The molecule has 0 radical (unpaired) electrons. The molecular weight excluding hydrogens is 374 g/mol. The Labute approximate surface area is 129 Å². The first-order chi connectivity index (χ1) is 9.27. The zero-order chi connectivity index (χ0) is 14.1. The Morgan fingerprint density at radius 2 is 1.79 bits per heavy atom. The van der Waals surface area contributed by atoms with Gasteiger partial charge in [-0.3, -0.25) is 4.21 Å². The summed E-state index contributed by atoms with van der Waals surface area (Å²) >= 11 is 2.22. The molecule has 3 nitrogen and oxygen atoms in total. The van der Waals surface area contributed by atoms with Gasteiger partial charge in [0, 0.05) is 6.26 Å². The van der Waals surface area contributed by atoms with Crippen LogP contribution in [0.2, 0.25) is 0 Å². The summed E-state index contributed by atoms with van der Waals surface area (Å²) in [4.78, 5) is 0.687. The van der Waals surface area contributed by atoms with Gasteiger partial charge in [0.15, 0.2) is 0 Å². The number of rotatable bonds is 3. The van der Waals surface area contributed by atoms with Gasteiger partial charge in [-0.2, -0.15) is 34.5 Å². The van der Waals surface area contributed by atoms with Crippen molar-refractivity contribution in [3.63, 3.8) is 0 Å². The summed E-state index contributed by atoms with van der Waals surface area (Å²) < 4.78 is 11.5. The molecule has 0 saturated carbocycles. The molecule has 2 rings (SSSR count). The second kappa shape index (κ2) is 9.11. The molecule has 0 amide bonds. The summed E-state index contributed by atoms with van der Waals surface area (Å²) in [6.07, 6.45) is 1.63. The summed E-state index contributed by atoms with van der Waals surface area (Å²) in [6, 6.07) is 17.6. The Kier molecular flexibility index (Phi) is 7.77. The van der Waals surface area contributed by atoms with Gasteiger partial charge in [0.25, 0.3) is 0 Å². The van der Waals surface area contributed by atoms with E-state index in [4.69, 9.17) is 0 Å². The molecular formula is C13H11ClN2OPdS. The standard InChI is InChI=1S/C13H11N2OS.ClH.Pd/c1-17(16)13-10-6-5-9-12(13)15-14-11-7-3-2-4-8-11;;/h2-7,9-10H,1H3;1H;/q-1;;+2/p-1. The van der Waals surface area contributed by atoms with Crippen molar-refractivity contribution < 1.29 is 22.4 Å². The third-order valence-electron chi connectivity index (χ3n) is 2.13. The fourth-order valence-electron chi connectivity index (χ4n) is 1.34. The van der Waals surface area contributed by atoms with Crippen LogP contribution in [0.4, 0.5) is 11.4 Å². The summed E-state index contributed by atoms with van der Waals surface area (Å²) in [5.74, 6) is 0. The van der Waals surface area contributed by atoms with Crippen LogP contribution in [0.15, 0.2) is 63.7 Å². The van der Waals surface area contributed by atoms with Crippen LogP contribution >= 0.6 is 9.53 Å². The van der Waals surface area contributed by atoms with Crippen LogP contribution in [-0.2, 0) is 29.0 Å². The predicted molar refractivity (Wildman–Crippen MR) is 74.1 cm³/mol. The molecule has 0 aliphatic rings. The minimum absolute atomic E-state index is 0.630. The van der Waals surface area contributed by atoms with Gasteiger partial charge in [-0.15, -0.1) is 6.07 Å². The summed E-state index contributed by atoms with van der Waals surface area (Å²) in [7, 11) is 3.43. The Morgan fingerprint density at radius 1 is 1.11 bits per heavy atom. The normalized spacial score (nSPS) is 11.8. The fraction of sp³-hybridized carbons (Fsp3) is 0.0769. The number of halogens is 1. The van der Waals surface area contributed by atoms with Gasteiger partial charge < -0.3 is 0 Å². The van der Waals surface area contributed by atoms with Gasteiger partial charge in [0.05, 0.1) is 15.7 Å². The first-order valence-electron chi connectivity index (χ1n) is 5.20. The van der Waals surface area contributed by atoms with Crippen LogP contribution in [0, 0.1) is 6.07 Å². The molecule has 0 aliphatic heterocycles. The first kappa shape index (κ1) is 16.2. The quantitative estimate of drug-likeness (QED) is 0.441. The van der Waals surface area contributed by atoms with Crippen molar-refractivity contribution in [1.29, 1.82) is 0 Å². The van der Waals surface area contributed by atoms with E-state index in [9.17, 15) is 4.21 Å². The Morgan fingerprint density at radius 3 is 2.42 bits per heavy atom. The van der Waals surface area contributed by atoms with Crippen LogP contribution in [0.5, 0.6) is 0 Å². The Hall–Kier alpha value is -0.858. The predicted octanol–water partition coefficient (Wildman–Crippen LogP) is 4.33. The Balaban J connectivity index is 0.000000861. The van der Waals surface area contributed by atoms with Crippen LogP contribution in [0.25, 0.3) is 0 Å². The maximum absolute atomic E-state index is 11.5. The Bertz CT molecular complexity index is 564. The molecule has 0 N–H and O–H groups in total.